The van der Waals surface area contributed by atoms with E-state index in [0.29, 0.717) is 11.8 Å². The third-order valence-electron chi connectivity index (χ3n) is 4.42. The average Bonchev–Trinajstić information content (AvgIpc) is 2.54. The Morgan fingerprint density at radius 2 is 2.00 bits per heavy atom. The number of nitrogens with zero attached hydrogens (tertiary/aromatic N) is 2. The number of rotatable bonds is 3. The third kappa shape index (κ3) is 2.98. The topological polar surface area (TPSA) is 51.8 Å². The van der Waals surface area contributed by atoms with Gasteiger partial charge in [-0.05, 0) is 48.8 Å². The molecule has 0 saturated heterocycles. The molecule has 0 radical (unpaired) electrons. The molecule has 1 atom stereocenters. The summed E-state index contributed by atoms with van der Waals surface area (Å²) in [5, 5.41) is 0. The minimum Gasteiger partial charge on any atom is -0.330 e. The Hall–Kier alpha value is -1.74. The minimum atomic E-state index is 0.552. The Kier molecular flexibility index (Phi) is 4.02. The molecule has 21 heavy (non-hydrogen) atoms. The predicted molar refractivity (Wildman–Crippen MR) is 86.1 cm³/mol. The number of hydrogen-bond donors (Lipinski definition) is 1. The highest BCUT2D eigenvalue weighted by molar-refractivity contribution is 5.56. The molecule has 3 rings (SSSR count). The van der Waals surface area contributed by atoms with Gasteiger partial charge < -0.3 is 5.73 Å². The van der Waals surface area contributed by atoms with E-state index in [1.54, 1.807) is 0 Å². The summed E-state index contributed by atoms with van der Waals surface area (Å²) in [6, 6.07) is 8.60. The van der Waals surface area contributed by atoms with Gasteiger partial charge in [-0.3, -0.25) is 0 Å². The van der Waals surface area contributed by atoms with Crippen molar-refractivity contribution in [2.75, 3.05) is 6.54 Å². The van der Waals surface area contributed by atoms with Crippen LogP contribution in [-0.4, -0.2) is 16.5 Å². The highest BCUT2D eigenvalue weighted by Gasteiger charge is 2.19. The Morgan fingerprint density at radius 3 is 2.67 bits per heavy atom. The van der Waals surface area contributed by atoms with Crippen molar-refractivity contribution in [3.8, 4) is 11.4 Å². The van der Waals surface area contributed by atoms with Gasteiger partial charge >= 0.3 is 0 Å². The first-order valence-electron chi connectivity index (χ1n) is 7.82. The lowest BCUT2D eigenvalue weighted by atomic mass is 9.87. The summed E-state index contributed by atoms with van der Waals surface area (Å²) >= 11 is 0. The molecule has 1 aliphatic carbocycles. The largest absolute Gasteiger partial charge is 0.330 e. The van der Waals surface area contributed by atoms with Crippen LogP contribution in [0.25, 0.3) is 11.4 Å². The summed E-state index contributed by atoms with van der Waals surface area (Å²) in [6.07, 6.45) is 5.19. The molecule has 1 aliphatic rings. The summed E-state index contributed by atoms with van der Waals surface area (Å²) in [7, 11) is 0. The van der Waals surface area contributed by atoms with E-state index in [-0.39, 0.29) is 0 Å². The van der Waals surface area contributed by atoms with Crippen LogP contribution in [0.2, 0.25) is 0 Å². The van der Waals surface area contributed by atoms with Gasteiger partial charge in [-0.1, -0.05) is 38.1 Å². The predicted octanol–water partition coefficient (Wildman–Crippen LogP) is 3.33. The standard InChI is InChI=1S/C18H23N3/c1-12(2)14-4-6-15(7-5-14)18-20-11-16-9-13(10-19)3-8-17(16)21-18/h4-7,11-13H,3,8-10,19H2,1-2H3. The van der Waals surface area contributed by atoms with Gasteiger partial charge in [0.15, 0.2) is 5.82 Å². The maximum atomic E-state index is 5.78. The zero-order valence-electron chi connectivity index (χ0n) is 12.8. The van der Waals surface area contributed by atoms with Gasteiger partial charge in [0.1, 0.15) is 0 Å². The highest BCUT2D eigenvalue weighted by atomic mass is 14.9. The Balaban J connectivity index is 1.87. The first-order valence-corrected chi connectivity index (χ1v) is 7.82. The van der Waals surface area contributed by atoms with Crippen LogP contribution in [0.3, 0.4) is 0 Å². The van der Waals surface area contributed by atoms with Crippen LogP contribution in [-0.2, 0) is 12.8 Å². The summed E-state index contributed by atoms with van der Waals surface area (Å²) in [6.45, 7) is 5.17. The Morgan fingerprint density at radius 1 is 1.24 bits per heavy atom. The number of aryl methyl sites for hydroxylation is 1. The normalized spacial score (nSPS) is 17.8. The van der Waals surface area contributed by atoms with E-state index in [0.717, 1.165) is 37.2 Å². The molecule has 0 bridgehead atoms. The van der Waals surface area contributed by atoms with Crippen molar-refractivity contribution in [3.05, 3.63) is 47.3 Å². The number of nitrogens with two attached hydrogens (primary N) is 1. The average molecular weight is 281 g/mol. The Labute approximate surface area is 126 Å². The minimum absolute atomic E-state index is 0.552. The van der Waals surface area contributed by atoms with E-state index in [1.807, 2.05) is 6.20 Å². The van der Waals surface area contributed by atoms with E-state index < -0.39 is 0 Å². The number of aromatic nitrogens is 2. The molecule has 0 amide bonds. The third-order valence-corrected chi connectivity index (χ3v) is 4.42. The van der Waals surface area contributed by atoms with Gasteiger partial charge in [0, 0.05) is 17.5 Å². The fourth-order valence-corrected chi connectivity index (χ4v) is 2.94. The van der Waals surface area contributed by atoms with Crippen LogP contribution in [0, 0.1) is 5.92 Å². The van der Waals surface area contributed by atoms with Gasteiger partial charge in [0.05, 0.1) is 0 Å². The van der Waals surface area contributed by atoms with Crippen molar-refractivity contribution < 1.29 is 0 Å². The lowest BCUT2D eigenvalue weighted by molar-refractivity contribution is 0.462. The summed E-state index contributed by atoms with van der Waals surface area (Å²) in [5.74, 6) is 1.99. The molecular weight excluding hydrogens is 258 g/mol. The quantitative estimate of drug-likeness (QED) is 0.939. The van der Waals surface area contributed by atoms with Gasteiger partial charge in [-0.2, -0.15) is 0 Å². The molecule has 110 valence electrons. The zero-order chi connectivity index (χ0) is 14.8. The van der Waals surface area contributed by atoms with Crippen LogP contribution >= 0.6 is 0 Å². The van der Waals surface area contributed by atoms with Crippen molar-refractivity contribution in [1.29, 1.82) is 0 Å². The molecule has 2 N–H and O–H groups in total. The van der Waals surface area contributed by atoms with Crippen molar-refractivity contribution in [2.45, 2.75) is 39.0 Å². The Bertz CT molecular complexity index is 617. The summed E-state index contributed by atoms with van der Waals surface area (Å²) in [5.41, 5.74) is 10.7. The second-order valence-corrected chi connectivity index (χ2v) is 6.29. The maximum absolute atomic E-state index is 5.78. The molecule has 0 saturated carbocycles. The first kappa shape index (κ1) is 14.2. The lowest BCUT2D eigenvalue weighted by Gasteiger charge is -2.22. The molecule has 1 aromatic carbocycles. The van der Waals surface area contributed by atoms with Crippen molar-refractivity contribution in [2.24, 2.45) is 11.7 Å². The molecular formula is C18H23N3. The molecule has 0 fully saturated rings. The van der Waals surface area contributed by atoms with Crippen molar-refractivity contribution >= 4 is 0 Å². The monoisotopic (exact) mass is 281 g/mol. The van der Waals surface area contributed by atoms with Crippen LogP contribution in [0.15, 0.2) is 30.5 Å². The SMILES string of the molecule is CC(C)c1ccc(-c2ncc3c(n2)CCC(CN)C3)cc1. The van der Waals surface area contributed by atoms with Crippen LogP contribution in [0.5, 0.6) is 0 Å². The molecule has 3 heteroatoms. The molecule has 1 heterocycles. The van der Waals surface area contributed by atoms with Gasteiger partial charge in [0.25, 0.3) is 0 Å². The fraction of sp³-hybridized carbons (Fsp3) is 0.444. The van der Waals surface area contributed by atoms with Crippen molar-refractivity contribution in [3.63, 3.8) is 0 Å². The van der Waals surface area contributed by atoms with Crippen molar-refractivity contribution in [1.82, 2.24) is 9.97 Å². The maximum Gasteiger partial charge on any atom is 0.159 e. The van der Waals surface area contributed by atoms with E-state index in [1.165, 1.54) is 16.8 Å². The van der Waals surface area contributed by atoms with E-state index >= 15 is 0 Å². The fourth-order valence-electron chi connectivity index (χ4n) is 2.94. The zero-order valence-corrected chi connectivity index (χ0v) is 12.8. The van der Waals surface area contributed by atoms with Gasteiger partial charge in [-0.25, -0.2) is 9.97 Å². The molecule has 0 spiro atoms. The first-order chi connectivity index (χ1) is 10.2. The molecule has 0 aliphatic heterocycles. The summed E-state index contributed by atoms with van der Waals surface area (Å²) < 4.78 is 0. The number of benzene rings is 1. The van der Waals surface area contributed by atoms with E-state index in [4.69, 9.17) is 10.7 Å². The van der Waals surface area contributed by atoms with Crippen LogP contribution in [0.4, 0.5) is 0 Å². The summed E-state index contributed by atoms with van der Waals surface area (Å²) in [4.78, 5) is 9.33. The second-order valence-electron chi connectivity index (χ2n) is 6.29. The van der Waals surface area contributed by atoms with E-state index in [9.17, 15) is 0 Å². The van der Waals surface area contributed by atoms with Gasteiger partial charge in [-0.15, -0.1) is 0 Å². The second kappa shape index (κ2) is 5.94. The van der Waals surface area contributed by atoms with Crippen LogP contribution in [0.1, 0.15) is 43.0 Å². The van der Waals surface area contributed by atoms with Crippen LogP contribution < -0.4 is 5.73 Å². The van der Waals surface area contributed by atoms with E-state index in [2.05, 4.69) is 43.1 Å². The molecule has 3 nitrogen and oxygen atoms in total. The molecule has 1 aromatic heterocycles. The lowest BCUT2D eigenvalue weighted by Crippen LogP contribution is -2.23. The van der Waals surface area contributed by atoms with Gasteiger partial charge in [0.2, 0.25) is 0 Å². The smallest absolute Gasteiger partial charge is 0.159 e. The number of hydrogen-bond acceptors (Lipinski definition) is 3. The highest BCUT2D eigenvalue weighted by Crippen LogP contribution is 2.26. The number of fused-ring (bicyclic) bond motifs is 1. The molecule has 2 aromatic rings. The molecule has 1 unspecified atom stereocenters.